The molecule has 130 valence electrons. The Morgan fingerprint density at radius 3 is 2.19 bits per heavy atom. The van der Waals surface area contributed by atoms with Crippen LogP contribution in [0.4, 0.5) is 5.69 Å². The van der Waals surface area contributed by atoms with E-state index in [2.05, 4.69) is 15.6 Å². The molecule has 0 aliphatic rings. The first-order valence-corrected chi connectivity index (χ1v) is 8.28. The SMILES string of the molecule is CC(=O)Nc1ccc(C(=O)NC(c2ccccc2)c2ccccn2)cc1. The van der Waals surface area contributed by atoms with E-state index in [1.165, 1.54) is 6.92 Å². The summed E-state index contributed by atoms with van der Waals surface area (Å²) in [5.74, 6) is -0.361. The topological polar surface area (TPSA) is 71.1 Å². The molecular weight excluding hydrogens is 326 g/mol. The lowest BCUT2D eigenvalue weighted by atomic mass is 10.0. The van der Waals surface area contributed by atoms with Crippen molar-refractivity contribution < 1.29 is 9.59 Å². The van der Waals surface area contributed by atoms with Crippen molar-refractivity contribution >= 4 is 17.5 Å². The van der Waals surface area contributed by atoms with Crippen molar-refractivity contribution in [3.63, 3.8) is 0 Å². The molecule has 2 N–H and O–H groups in total. The Morgan fingerprint density at radius 1 is 0.885 bits per heavy atom. The van der Waals surface area contributed by atoms with Crippen LogP contribution in [0.5, 0.6) is 0 Å². The third-order valence-electron chi connectivity index (χ3n) is 3.86. The average molecular weight is 345 g/mol. The molecule has 1 heterocycles. The highest BCUT2D eigenvalue weighted by atomic mass is 16.2. The lowest BCUT2D eigenvalue weighted by molar-refractivity contribution is -0.114. The zero-order valence-electron chi connectivity index (χ0n) is 14.3. The molecule has 3 aromatic rings. The highest BCUT2D eigenvalue weighted by Crippen LogP contribution is 2.21. The van der Waals surface area contributed by atoms with E-state index in [9.17, 15) is 9.59 Å². The summed E-state index contributed by atoms with van der Waals surface area (Å²) in [6.07, 6.45) is 1.71. The van der Waals surface area contributed by atoms with Gasteiger partial charge in [-0.15, -0.1) is 0 Å². The Kier molecular flexibility index (Phi) is 5.39. The van der Waals surface area contributed by atoms with Crippen molar-refractivity contribution in [1.82, 2.24) is 10.3 Å². The Bertz CT molecular complexity index is 839. The molecule has 0 aliphatic heterocycles. The summed E-state index contributed by atoms with van der Waals surface area (Å²) in [6.45, 7) is 1.44. The number of amides is 2. The number of pyridine rings is 1. The van der Waals surface area contributed by atoms with Crippen LogP contribution in [0.2, 0.25) is 0 Å². The highest BCUT2D eigenvalue weighted by Gasteiger charge is 2.18. The van der Waals surface area contributed by atoms with E-state index in [0.29, 0.717) is 11.3 Å². The molecule has 0 saturated heterocycles. The van der Waals surface area contributed by atoms with Crippen LogP contribution in [0.25, 0.3) is 0 Å². The molecular formula is C21H19N3O2. The Labute approximate surface area is 152 Å². The molecule has 26 heavy (non-hydrogen) atoms. The molecule has 0 spiro atoms. The normalized spacial score (nSPS) is 11.4. The maximum absolute atomic E-state index is 12.7. The van der Waals surface area contributed by atoms with Gasteiger partial charge >= 0.3 is 0 Å². The van der Waals surface area contributed by atoms with Crippen LogP contribution in [0.1, 0.15) is 34.6 Å². The smallest absolute Gasteiger partial charge is 0.252 e. The fourth-order valence-corrected chi connectivity index (χ4v) is 2.64. The van der Waals surface area contributed by atoms with Gasteiger partial charge in [0.05, 0.1) is 11.7 Å². The van der Waals surface area contributed by atoms with Gasteiger partial charge in [-0.3, -0.25) is 14.6 Å². The predicted octanol–water partition coefficient (Wildman–Crippen LogP) is 3.56. The van der Waals surface area contributed by atoms with Crippen LogP contribution >= 0.6 is 0 Å². The van der Waals surface area contributed by atoms with Crippen LogP contribution in [0.15, 0.2) is 79.0 Å². The number of aromatic nitrogens is 1. The Hall–Kier alpha value is -3.47. The van der Waals surface area contributed by atoms with E-state index in [0.717, 1.165) is 11.3 Å². The number of nitrogens with one attached hydrogen (secondary N) is 2. The van der Waals surface area contributed by atoms with E-state index < -0.39 is 0 Å². The number of benzene rings is 2. The van der Waals surface area contributed by atoms with Crippen LogP contribution in [0.3, 0.4) is 0 Å². The molecule has 1 atom stereocenters. The number of hydrogen-bond donors (Lipinski definition) is 2. The van der Waals surface area contributed by atoms with Crippen LogP contribution in [-0.2, 0) is 4.79 Å². The fourth-order valence-electron chi connectivity index (χ4n) is 2.64. The molecule has 3 rings (SSSR count). The van der Waals surface area contributed by atoms with Gasteiger partial charge in [0, 0.05) is 24.4 Å². The zero-order valence-corrected chi connectivity index (χ0v) is 14.3. The molecule has 0 radical (unpaired) electrons. The standard InChI is InChI=1S/C21H19N3O2/c1-15(25)23-18-12-10-17(11-13-18)21(26)24-20(16-7-3-2-4-8-16)19-9-5-6-14-22-19/h2-14,20H,1H3,(H,23,25)(H,24,26). The maximum Gasteiger partial charge on any atom is 0.252 e. The number of nitrogens with zero attached hydrogens (tertiary/aromatic N) is 1. The van der Waals surface area contributed by atoms with Gasteiger partial charge in [-0.25, -0.2) is 0 Å². The van der Waals surface area contributed by atoms with Gasteiger partial charge in [0.1, 0.15) is 0 Å². The molecule has 1 unspecified atom stereocenters. The van der Waals surface area contributed by atoms with Crippen molar-refractivity contribution in [3.05, 3.63) is 95.8 Å². The first kappa shape index (κ1) is 17.4. The summed E-state index contributed by atoms with van der Waals surface area (Å²) in [4.78, 5) is 28.2. The summed E-state index contributed by atoms with van der Waals surface area (Å²) < 4.78 is 0. The van der Waals surface area contributed by atoms with Crippen molar-refractivity contribution in [3.8, 4) is 0 Å². The molecule has 5 nitrogen and oxygen atoms in total. The number of rotatable bonds is 5. The van der Waals surface area contributed by atoms with Gasteiger partial charge in [0.25, 0.3) is 5.91 Å². The predicted molar refractivity (Wildman–Crippen MR) is 101 cm³/mol. The van der Waals surface area contributed by atoms with Gasteiger partial charge in [-0.1, -0.05) is 36.4 Å². The van der Waals surface area contributed by atoms with E-state index in [1.54, 1.807) is 30.5 Å². The number of carbonyl (C=O) groups is 2. The minimum Gasteiger partial charge on any atom is -0.340 e. The number of carbonyl (C=O) groups excluding carboxylic acids is 2. The summed E-state index contributed by atoms with van der Waals surface area (Å²) in [7, 11) is 0. The first-order chi connectivity index (χ1) is 12.6. The maximum atomic E-state index is 12.7. The van der Waals surface area contributed by atoms with Crippen LogP contribution in [-0.4, -0.2) is 16.8 Å². The molecule has 1 aromatic heterocycles. The largest absolute Gasteiger partial charge is 0.340 e. The summed E-state index contributed by atoms with van der Waals surface area (Å²) in [6, 6.07) is 21.8. The second kappa shape index (κ2) is 8.07. The molecule has 5 heteroatoms. The van der Waals surface area contributed by atoms with Gasteiger partial charge in [0.15, 0.2) is 0 Å². The van der Waals surface area contributed by atoms with Crippen molar-refractivity contribution in [2.24, 2.45) is 0 Å². The van der Waals surface area contributed by atoms with Crippen molar-refractivity contribution in [2.45, 2.75) is 13.0 Å². The lowest BCUT2D eigenvalue weighted by Crippen LogP contribution is -2.29. The fraction of sp³-hybridized carbons (Fsp3) is 0.0952. The molecule has 2 amide bonds. The van der Waals surface area contributed by atoms with Crippen LogP contribution < -0.4 is 10.6 Å². The Morgan fingerprint density at radius 2 is 1.58 bits per heavy atom. The second-order valence-electron chi connectivity index (χ2n) is 5.83. The average Bonchev–Trinajstić information content (AvgIpc) is 2.67. The molecule has 0 saturated carbocycles. The third-order valence-corrected chi connectivity index (χ3v) is 3.86. The summed E-state index contributed by atoms with van der Waals surface area (Å²) >= 11 is 0. The first-order valence-electron chi connectivity index (χ1n) is 8.28. The van der Waals surface area contributed by atoms with E-state index in [-0.39, 0.29) is 17.9 Å². The molecule has 0 bridgehead atoms. The van der Waals surface area contributed by atoms with E-state index >= 15 is 0 Å². The zero-order chi connectivity index (χ0) is 18.4. The molecule has 0 fully saturated rings. The third kappa shape index (κ3) is 4.33. The minimum absolute atomic E-state index is 0.151. The lowest BCUT2D eigenvalue weighted by Gasteiger charge is -2.19. The monoisotopic (exact) mass is 345 g/mol. The van der Waals surface area contributed by atoms with Crippen molar-refractivity contribution in [2.75, 3.05) is 5.32 Å². The van der Waals surface area contributed by atoms with Gasteiger partial charge in [-0.05, 0) is 42.0 Å². The van der Waals surface area contributed by atoms with Gasteiger partial charge in [0.2, 0.25) is 5.91 Å². The second-order valence-corrected chi connectivity index (χ2v) is 5.83. The molecule has 2 aromatic carbocycles. The van der Waals surface area contributed by atoms with Crippen LogP contribution in [0, 0.1) is 0 Å². The van der Waals surface area contributed by atoms with E-state index in [1.807, 2.05) is 48.5 Å². The minimum atomic E-state index is -0.347. The number of anilines is 1. The highest BCUT2D eigenvalue weighted by molar-refractivity contribution is 5.95. The quantitative estimate of drug-likeness (QED) is 0.743. The van der Waals surface area contributed by atoms with E-state index in [4.69, 9.17) is 0 Å². The molecule has 0 aliphatic carbocycles. The van der Waals surface area contributed by atoms with Crippen molar-refractivity contribution in [1.29, 1.82) is 0 Å². The van der Waals surface area contributed by atoms with Gasteiger partial charge in [-0.2, -0.15) is 0 Å². The summed E-state index contributed by atoms with van der Waals surface area (Å²) in [5.41, 5.74) is 2.88. The summed E-state index contributed by atoms with van der Waals surface area (Å²) in [5, 5.41) is 5.72. The van der Waals surface area contributed by atoms with Gasteiger partial charge < -0.3 is 10.6 Å². The number of hydrogen-bond acceptors (Lipinski definition) is 3. The Balaban J connectivity index is 1.83.